The van der Waals surface area contributed by atoms with Crippen molar-refractivity contribution in [2.75, 3.05) is 0 Å². The Bertz CT molecular complexity index is 438. The molecule has 0 aromatic heterocycles. The van der Waals surface area contributed by atoms with Crippen LogP contribution in [0.25, 0.3) is 6.08 Å². The van der Waals surface area contributed by atoms with Crippen molar-refractivity contribution in [3.63, 3.8) is 0 Å². The Kier molecular flexibility index (Phi) is 10.9. The Labute approximate surface area is 148 Å². The van der Waals surface area contributed by atoms with Crippen molar-refractivity contribution < 1.29 is 19.7 Å². The first-order valence-corrected chi connectivity index (χ1v) is 15.6. The SMILES string of the molecule is C[CH](C)[Zr]([PH2])([CH](C)C)[CH]1C=Cc2ccccc21.Cl.Cl.Cl. The largest absolute Gasteiger partial charge is 0.147 e. The maximum atomic E-state index is 3.37. The van der Waals surface area contributed by atoms with Crippen LogP contribution in [0.1, 0.15) is 42.4 Å². The van der Waals surface area contributed by atoms with Gasteiger partial charge in [0.1, 0.15) is 0 Å². The minimum absolute atomic E-state index is 0. The van der Waals surface area contributed by atoms with Crippen LogP contribution in [0.4, 0.5) is 0 Å². The molecular formula is C15H26Cl3PZr. The summed E-state index contributed by atoms with van der Waals surface area (Å²) in [5.74, 6) is 0. The predicted octanol–water partition coefficient (Wildman–Crippen LogP) is 6.62. The third-order valence-corrected chi connectivity index (χ3v) is 28.1. The molecule has 0 amide bonds. The van der Waals surface area contributed by atoms with E-state index in [2.05, 4.69) is 70.6 Å². The van der Waals surface area contributed by atoms with Gasteiger partial charge in [0.2, 0.25) is 0 Å². The molecule has 1 aliphatic carbocycles. The fraction of sp³-hybridized carbons (Fsp3) is 0.467. The number of hydrogen-bond donors (Lipinski definition) is 0. The molecule has 116 valence electrons. The van der Waals surface area contributed by atoms with E-state index in [1.54, 1.807) is 5.56 Å². The van der Waals surface area contributed by atoms with Gasteiger partial charge in [0.05, 0.1) is 0 Å². The molecule has 0 spiro atoms. The third-order valence-electron chi connectivity index (χ3n) is 4.34. The Balaban J connectivity index is 0. The van der Waals surface area contributed by atoms with Gasteiger partial charge in [-0.2, -0.15) is 0 Å². The molecule has 0 aliphatic heterocycles. The average molecular weight is 435 g/mol. The second-order valence-corrected chi connectivity index (χ2v) is 23.8. The van der Waals surface area contributed by atoms with Gasteiger partial charge in [-0.15, -0.1) is 37.2 Å². The molecule has 1 aliphatic rings. The van der Waals surface area contributed by atoms with Gasteiger partial charge in [-0.3, -0.25) is 0 Å². The van der Waals surface area contributed by atoms with E-state index >= 15 is 0 Å². The van der Waals surface area contributed by atoms with Gasteiger partial charge < -0.3 is 0 Å². The first-order chi connectivity index (χ1) is 7.98. The average Bonchev–Trinajstić information content (AvgIpc) is 2.71. The fourth-order valence-electron chi connectivity index (χ4n) is 3.07. The van der Waals surface area contributed by atoms with Crippen molar-refractivity contribution in [1.29, 1.82) is 0 Å². The zero-order valence-corrected chi connectivity index (χ0v) is 18.6. The first kappa shape index (κ1) is 23.4. The fourth-order valence-corrected chi connectivity index (χ4v) is 14.6. The number of rotatable bonds is 3. The summed E-state index contributed by atoms with van der Waals surface area (Å²) < 4.78 is 2.45. The van der Waals surface area contributed by atoms with Crippen LogP contribution in [-0.2, 0) is 19.7 Å². The van der Waals surface area contributed by atoms with Crippen LogP contribution < -0.4 is 0 Å². The Morgan fingerprint density at radius 3 is 1.95 bits per heavy atom. The van der Waals surface area contributed by atoms with Crippen molar-refractivity contribution in [3.05, 3.63) is 41.5 Å². The monoisotopic (exact) mass is 432 g/mol. The summed E-state index contributed by atoms with van der Waals surface area (Å²) in [6, 6.07) is 8.93. The smallest absolute Gasteiger partial charge is 0.147 e. The van der Waals surface area contributed by atoms with E-state index in [1.807, 2.05) is 0 Å². The Morgan fingerprint density at radius 2 is 1.45 bits per heavy atom. The molecule has 0 fully saturated rings. The van der Waals surface area contributed by atoms with Crippen LogP contribution in [0.2, 0.25) is 7.25 Å². The van der Waals surface area contributed by atoms with Crippen LogP contribution >= 0.6 is 43.8 Å². The summed E-state index contributed by atoms with van der Waals surface area (Å²) in [4.78, 5) is 0. The first-order valence-electron chi connectivity index (χ1n) is 6.54. The molecule has 0 bridgehead atoms. The van der Waals surface area contributed by atoms with Crippen molar-refractivity contribution in [2.24, 2.45) is 0 Å². The van der Waals surface area contributed by atoms with Crippen LogP contribution in [0.5, 0.6) is 0 Å². The zero-order valence-electron chi connectivity index (χ0n) is 12.5. The normalized spacial score (nSPS) is 16.2. The van der Waals surface area contributed by atoms with Crippen LogP contribution in [-0.4, -0.2) is 0 Å². The van der Waals surface area contributed by atoms with E-state index in [1.165, 1.54) is 5.56 Å². The molecule has 5 heteroatoms. The third kappa shape index (κ3) is 4.11. The summed E-state index contributed by atoms with van der Waals surface area (Å²) in [5, 5.41) is 0. The van der Waals surface area contributed by atoms with Crippen LogP contribution in [0, 0.1) is 0 Å². The molecule has 1 aromatic rings. The molecule has 1 aromatic carbocycles. The molecule has 2 unspecified atom stereocenters. The number of allylic oxidation sites excluding steroid dienone is 1. The molecule has 0 heterocycles. The number of hydrogen-bond acceptors (Lipinski definition) is 0. The molecule has 20 heavy (non-hydrogen) atoms. The van der Waals surface area contributed by atoms with E-state index in [0.29, 0.717) is 0 Å². The van der Waals surface area contributed by atoms with Crippen LogP contribution in [0.15, 0.2) is 30.3 Å². The molecule has 0 nitrogen and oxygen atoms in total. The minimum atomic E-state index is -2.23. The van der Waals surface area contributed by atoms with Gasteiger partial charge >= 0.3 is 112 Å². The maximum Gasteiger partial charge on any atom is -0.147 e. The van der Waals surface area contributed by atoms with E-state index in [4.69, 9.17) is 0 Å². The van der Waals surface area contributed by atoms with Crippen LogP contribution in [0.3, 0.4) is 0 Å². The van der Waals surface area contributed by atoms with Crippen molar-refractivity contribution in [2.45, 2.75) is 38.6 Å². The molecule has 2 rings (SSSR count). The Hall–Kier alpha value is 1.14. The summed E-state index contributed by atoms with van der Waals surface area (Å²) >= 11 is -2.23. The zero-order chi connectivity index (χ0) is 12.6. The van der Waals surface area contributed by atoms with E-state index in [-0.39, 0.29) is 37.2 Å². The number of benzene rings is 1. The van der Waals surface area contributed by atoms with Crippen molar-refractivity contribution >= 4 is 49.8 Å². The molecule has 0 saturated heterocycles. The van der Waals surface area contributed by atoms with Gasteiger partial charge in [-0.05, 0) is 0 Å². The molecule has 0 N–H and O–H groups in total. The van der Waals surface area contributed by atoms with Gasteiger partial charge in [0.25, 0.3) is 0 Å². The van der Waals surface area contributed by atoms with Crippen molar-refractivity contribution in [1.82, 2.24) is 0 Å². The maximum absolute atomic E-state index is 3.37. The molecule has 2 atom stereocenters. The van der Waals surface area contributed by atoms with Gasteiger partial charge in [0, 0.05) is 0 Å². The molecule has 0 radical (unpaired) electrons. The molecule has 0 saturated carbocycles. The van der Waals surface area contributed by atoms with E-state index in [9.17, 15) is 0 Å². The van der Waals surface area contributed by atoms with E-state index < -0.39 is 19.7 Å². The number of fused-ring (bicyclic) bond motifs is 1. The molecular weight excluding hydrogens is 409 g/mol. The van der Waals surface area contributed by atoms with Gasteiger partial charge in [-0.1, -0.05) is 0 Å². The second-order valence-electron chi connectivity index (χ2n) is 5.78. The standard InChI is InChI=1S/C9H7.2C3H7.3ClH.H2P.Zr/c1-2-5-9-7-3-6-8(9)4-1;2*1-3-2;;;;;/h1-7H;2*3H,1-2H3;3*1H;1H2;/q;;;;;;-1;+1. The quantitative estimate of drug-likeness (QED) is 0.469. The predicted molar refractivity (Wildman–Crippen MR) is 99.9 cm³/mol. The summed E-state index contributed by atoms with van der Waals surface area (Å²) in [6.07, 6.45) is 4.81. The van der Waals surface area contributed by atoms with E-state index in [0.717, 1.165) is 10.9 Å². The minimum Gasteiger partial charge on any atom is -0.147 e. The van der Waals surface area contributed by atoms with Crippen molar-refractivity contribution in [3.8, 4) is 0 Å². The number of halogens is 3. The Morgan fingerprint density at radius 1 is 0.950 bits per heavy atom. The van der Waals surface area contributed by atoms with Gasteiger partial charge in [-0.25, -0.2) is 0 Å². The summed E-state index contributed by atoms with van der Waals surface area (Å²) in [7, 11) is 0. The topological polar surface area (TPSA) is 0 Å². The second kappa shape index (κ2) is 9.32. The van der Waals surface area contributed by atoms with Gasteiger partial charge in [0.15, 0.2) is 0 Å². The summed E-state index contributed by atoms with van der Waals surface area (Å²) in [5.41, 5.74) is 3.03. The summed E-state index contributed by atoms with van der Waals surface area (Å²) in [6.45, 7) is 13.1.